The van der Waals surface area contributed by atoms with Crippen molar-refractivity contribution in [3.63, 3.8) is 0 Å². The van der Waals surface area contributed by atoms with Crippen molar-refractivity contribution in [2.24, 2.45) is 10.2 Å². The lowest BCUT2D eigenvalue weighted by atomic mass is 10.1. The van der Waals surface area contributed by atoms with Crippen LogP contribution in [-0.4, -0.2) is 5.11 Å². The number of hydrogen-bond donors (Lipinski definition) is 1. The van der Waals surface area contributed by atoms with Crippen molar-refractivity contribution in [3.05, 3.63) is 95.4 Å². The van der Waals surface area contributed by atoms with E-state index in [0.29, 0.717) is 5.75 Å². The van der Waals surface area contributed by atoms with Gasteiger partial charge in [-0.25, -0.2) is 0 Å². The lowest BCUT2D eigenvalue weighted by molar-refractivity contribution is 0.474. The summed E-state index contributed by atoms with van der Waals surface area (Å²) in [5.41, 5.74) is 1.80. The van der Waals surface area contributed by atoms with Crippen LogP contribution >= 0.6 is 11.3 Å². The zero-order chi connectivity index (χ0) is 17.1. The number of fused-ring (bicyclic) bond motifs is 1. The van der Waals surface area contributed by atoms with E-state index in [2.05, 4.69) is 10.2 Å². The fourth-order valence-electron chi connectivity index (χ4n) is 2.76. The second kappa shape index (κ2) is 6.87. The van der Waals surface area contributed by atoms with Gasteiger partial charge in [-0.15, -0.1) is 11.3 Å². The fourth-order valence-corrected chi connectivity index (χ4v) is 3.92. The molecule has 4 rings (SSSR count). The smallest absolute Gasteiger partial charge is 0.139 e. The van der Waals surface area contributed by atoms with E-state index in [4.69, 9.17) is 0 Å². The van der Waals surface area contributed by atoms with Crippen LogP contribution < -0.4 is 0 Å². The predicted molar refractivity (Wildman–Crippen MR) is 103 cm³/mol. The molecule has 1 unspecified atom stereocenters. The molecule has 4 heteroatoms. The van der Waals surface area contributed by atoms with E-state index in [-0.39, 0.29) is 6.04 Å². The molecule has 4 aromatic rings. The lowest BCUT2D eigenvalue weighted by Crippen LogP contribution is -1.94. The summed E-state index contributed by atoms with van der Waals surface area (Å²) >= 11 is 1.56. The molecule has 1 atom stereocenters. The molecule has 3 aromatic carbocycles. The minimum atomic E-state index is -0.334. The van der Waals surface area contributed by atoms with Gasteiger partial charge in [0.05, 0.1) is 10.6 Å². The van der Waals surface area contributed by atoms with Gasteiger partial charge < -0.3 is 5.11 Å². The highest BCUT2D eigenvalue weighted by Gasteiger charge is 2.22. The largest absolute Gasteiger partial charge is 0.506 e. The average Bonchev–Trinajstić information content (AvgIpc) is 3.01. The topological polar surface area (TPSA) is 45.0 Å². The average molecular weight is 344 g/mol. The Labute approximate surface area is 149 Å². The van der Waals surface area contributed by atoms with Crippen LogP contribution in [0.1, 0.15) is 16.5 Å². The van der Waals surface area contributed by atoms with Crippen LogP contribution in [0.2, 0.25) is 0 Å². The molecule has 0 saturated heterocycles. The van der Waals surface area contributed by atoms with Gasteiger partial charge >= 0.3 is 0 Å². The first-order chi connectivity index (χ1) is 12.3. The molecule has 0 bridgehead atoms. The highest BCUT2D eigenvalue weighted by molar-refractivity contribution is 7.19. The summed E-state index contributed by atoms with van der Waals surface area (Å²) in [4.78, 5) is 0.812. The molecule has 1 heterocycles. The normalized spacial score (nSPS) is 12.6. The second-order valence-electron chi connectivity index (χ2n) is 5.68. The van der Waals surface area contributed by atoms with Crippen molar-refractivity contribution < 1.29 is 5.11 Å². The van der Waals surface area contributed by atoms with E-state index in [1.165, 1.54) is 0 Å². The number of aromatic hydroxyl groups is 1. The maximum Gasteiger partial charge on any atom is 0.139 e. The summed E-state index contributed by atoms with van der Waals surface area (Å²) in [6.45, 7) is 0. The summed E-state index contributed by atoms with van der Waals surface area (Å²) in [6, 6.07) is 27.1. The van der Waals surface area contributed by atoms with Crippen molar-refractivity contribution in [2.75, 3.05) is 0 Å². The molecule has 0 radical (unpaired) electrons. The summed E-state index contributed by atoms with van der Waals surface area (Å²) in [6.07, 6.45) is 0. The quantitative estimate of drug-likeness (QED) is 0.423. The van der Waals surface area contributed by atoms with E-state index >= 15 is 0 Å². The number of hydrogen-bond acceptors (Lipinski definition) is 4. The summed E-state index contributed by atoms with van der Waals surface area (Å²) < 4.78 is 1.05. The summed E-state index contributed by atoms with van der Waals surface area (Å²) in [7, 11) is 0. The third kappa shape index (κ3) is 3.16. The van der Waals surface area contributed by atoms with Crippen LogP contribution in [-0.2, 0) is 0 Å². The number of azo groups is 1. The third-order valence-corrected chi connectivity index (χ3v) is 5.22. The minimum Gasteiger partial charge on any atom is -0.506 e. The van der Waals surface area contributed by atoms with Crippen molar-refractivity contribution in [3.8, 4) is 5.75 Å². The Morgan fingerprint density at radius 3 is 2.12 bits per heavy atom. The molecule has 0 fully saturated rings. The predicted octanol–water partition coefficient (Wildman–Crippen LogP) is 6.48. The molecular weight excluding hydrogens is 328 g/mol. The summed E-state index contributed by atoms with van der Waals surface area (Å²) in [5, 5.41) is 20.5. The standard InChI is InChI=1S/C21H16N2OS/c24-20-17-13-7-8-14-18(17)25-21(20)19(15-9-3-1-4-10-15)23-22-16-11-5-2-6-12-16/h1-14,19,24H. The third-order valence-electron chi connectivity index (χ3n) is 4.00. The molecule has 1 aromatic heterocycles. The van der Waals surface area contributed by atoms with Crippen molar-refractivity contribution in [1.82, 2.24) is 0 Å². The zero-order valence-electron chi connectivity index (χ0n) is 13.4. The molecule has 0 aliphatic carbocycles. The van der Waals surface area contributed by atoms with Gasteiger partial charge in [0.2, 0.25) is 0 Å². The van der Waals surface area contributed by atoms with E-state index < -0.39 is 0 Å². The Morgan fingerprint density at radius 1 is 0.760 bits per heavy atom. The van der Waals surface area contributed by atoms with Crippen molar-refractivity contribution >= 4 is 27.1 Å². The molecule has 0 aliphatic rings. The van der Waals surface area contributed by atoms with Gasteiger partial charge in [-0.1, -0.05) is 60.7 Å². The molecule has 0 aliphatic heterocycles. The summed E-state index contributed by atoms with van der Waals surface area (Å²) in [5.74, 6) is 0.293. The Bertz CT molecular complexity index is 1010. The molecule has 122 valence electrons. The number of benzene rings is 3. The van der Waals surface area contributed by atoms with Crippen LogP contribution in [0.4, 0.5) is 5.69 Å². The van der Waals surface area contributed by atoms with Crippen LogP contribution in [0.15, 0.2) is 95.2 Å². The highest BCUT2D eigenvalue weighted by Crippen LogP contribution is 2.44. The number of rotatable bonds is 4. The highest BCUT2D eigenvalue weighted by atomic mass is 32.1. The van der Waals surface area contributed by atoms with Crippen LogP contribution in [0, 0.1) is 0 Å². The van der Waals surface area contributed by atoms with Crippen LogP contribution in [0.5, 0.6) is 5.75 Å². The van der Waals surface area contributed by atoms with E-state index in [9.17, 15) is 5.11 Å². The number of thiophene rings is 1. The molecular formula is C21H16N2OS. The molecule has 0 spiro atoms. The molecule has 0 amide bonds. The minimum absolute atomic E-state index is 0.293. The first-order valence-electron chi connectivity index (χ1n) is 8.04. The Balaban J connectivity index is 1.82. The van der Waals surface area contributed by atoms with Gasteiger partial charge in [0.25, 0.3) is 0 Å². The monoisotopic (exact) mass is 344 g/mol. The molecule has 1 N–H and O–H groups in total. The first-order valence-corrected chi connectivity index (χ1v) is 8.86. The van der Waals surface area contributed by atoms with Gasteiger partial charge in [0.15, 0.2) is 0 Å². The molecule has 3 nitrogen and oxygen atoms in total. The maximum atomic E-state index is 10.7. The number of nitrogens with zero attached hydrogens (tertiary/aromatic N) is 2. The maximum absolute atomic E-state index is 10.7. The Kier molecular flexibility index (Phi) is 4.27. The second-order valence-corrected chi connectivity index (χ2v) is 6.76. The Hall–Kier alpha value is -2.98. The van der Waals surface area contributed by atoms with Crippen molar-refractivity contribution in [2.45, 2.75) is 6.04 Å². The van der Waals surface area contributed by atoms with Crippen molar-refractivity contribution in [1.29, 1.82) is 0 Å². The fraction of sp³-hybridized carbons (Fsp3) is 0.0476. The van der Waals surface area contributed by atoms with Crippen LogP contribution in [0.3, 0.4) is 0 Å². The van der Waals surface area contributed by atoms with Gasteiger partial charge in [0, 0.05) is 10.1 Å². The lowest BCUT2D eigenvalue weighted by Gasteiger charge is -2.10. The van der Waals surface area contributed by atoms with Gasteiger partial charge in [0.1, 0.15) is 11.8 Å². The molecule has 0 saturated carbocycles. The van der Waals surface area contributed by atoms with Gasteiger partial charge in [-0.2, -0.15) is 10.2 Å². The van der Waals surface area contributed by atoms with Gasteiger partial charge in [-0.05, 0) is 29.8 Å². The first kappa shape index (κ1) is 15.5. The van der Waals surface area contributed by atoms with Gasteiger partial charge in [-0.3, -0.25) is 0 Å². The molecule has 25 heavy (non-hydrogen) atoms. The van der Waals surface area contributed by atoms with E-state index in [1.807, 2.05) is 84.9 Å². The Morgan fingerprint density at radius 2 is 1.40 bits per heavy atom. The van der Waals surface area contributed by atoms with E-state index in [1.54, 1.807) is 11.3 Å². The zero-order valence-corrected chi connectivity index (χ0v) is 14.2. The van der Waals surface area contributed by atoms with E-state index in [0.717, 1.165) is 26.2 Å². The van der Waals surface area contributed by atoms with Crippen LogP contribution in [0.25, 0.3) is 10.1 Å². The SMILES string of the molecule is Oc1c(C(N=Nc2ccccc2)c2ccccc2)sc2ccccc12.